The van der Waals surface area contributed by atoms with Crippen LogP contribution in [-0.4, -0.2) is 29.2 Å². The molecule has 1 aromatic heterocycles. The second-order valence-electron chi connectivity index (χ2n) is 6.83. The van der Waals surface area contributed by atoms with E-state index in [1.54, 1.807) is 0 Å². The highest BCUT2D eigenvalue weighted by Gasteiger charge is 2.36. The Bertz CT molecular complexity index is 1020. The van der Waals surface area contributed by atoms with E-state index in [1.165, 1.54) is 4.90 Å². The molecule has 0 radical (unpaired) electrons. The second kappa shape index (κ2) is 7.98. The van der Waals surface area contributed by atoms with Gasteiger partial charge in [0.2, 0.25) is 17.6 Å². The van der Waals surface area contributed by atoms with Gasteiger partial charge in [0, 0.05) is 24.6 Å². The van der Waals surface area contributed by atoms with E-state index in [4.69, 9.17) is 9.26 Å². The first kappa shape index (κ1) is 19.0. The highest BCUT2D eigenvalue weighted by Crippen LogP contribution is 2.33. The normalized spacial score (nSPS) is 16.4. The van der Waals surface area contributed by atoms with Gasteiger partial charge in [0.25, 0.3) is 0 Å². The smallest absolute Gasteiger partial charge is 0.232 e. The van der Waals surface area contributed by atoms with Crippen molar-refractivity contribution in [2.45, 2.75) is 25.7 Å². The number of nitrogens with zero attached hydrogens (tertiary/aromatic N) is 3. The van der Waals surface area contributed by atoms with Crippen LogP contribution in [-0.2, 0) is 4.79 Å². The van der Waals surface area contributed by atoms with Crippen LogP contribution in [0.5, 0.6) is 5.75 Å². The third kappa shape index (κ3) is 3.96. The lowest BCUT2D eigenvalue weighted by Crippen LogP contribution is -2.25. The SMILES string of the molecule is CCCOc1ccc(-c2noc(C3CC(=O)N(c4cc(F)ccc4F)C3)n2)cc1. The third-order valence-corrected chi connectivity index (χ3v) is 4.70. The predicted octanol–water partition coefficient (Wildman–Crippen LogP) is 4.32. The maximum Gasteiger partial charge on any atom is 0.232 e. The Balaban J connectivity index is 1.50. The zero-order chi connectivity index (χ0) is 20.4. The number of carbonyl (C=O) groups excluding carboxylic acids is 1. The fourth-order valence-corrected chi connectivity index (χ4v) is 3.24. The van der Waals surface area contributed by atoms with Crippen molar-refractivity contribution in [3.63, 3.8) is 0 Å². The second-order valence-corrected chi connectivity index (χ2v) is 6.83. The molecule has 0 aliphatic carbocycles. The van der Waals surface area contributed by atoms with Gasteiger partial charge in [-0.05, 0) is 42.8 Å². The number of aromatic nitrogens is 2. The summed E-state index contributed by atoms with van der Waals surface area (Å²) in [5, 5.41) is 3.99. The number of rotatable bonds is 6. The quantitative estimate of drug-likeness (QED) is 0.617. The lowest BCUT2D eigenvalue weighted by molar-refractivity contribution is -0.117. The largest absolute Gasteiger partial charge is 0.494 e. The molecule has 1 saturated heterocycles. The molecule has 1 atom stereocenters. The van der Waals surface area contributed by atoms with Crippen molar-refractivity contribution in [1.29, 1.82) is 0 Å². The summed E-state index contributed by atoms with van der Waals surface area (Å²) in [6.45, 7) is 2.82. The Kier molecular flexibility index (Phi) is 5.24. The first-order valence-corrected chi connectivity index (χ1v) is 9.37. The average molecular weight is 399 g/mol. The fourth-order valence-electron chi connectivity index (χ4n) is 3.24. The van der Waals surface area contributed by atoms with E-state index >= 15 is 0 Å². The van der Waals surface area contributed by atoms with Crippen molar-refractivity contribution in [2.24, 2.45) is 0 Å². The number of amides is 1. The Morgan fingerprint density at radius 1 is 1.21 bits per heavy atom. The first-order chi connectivity index (χ1) is 14.0. The molecule has 8 heteroatoms. The molecule has 1 unspecified atom stereocenters. The van der Waals surface area contributed by atoms with Crippen molar-refractivity contribution in [1.82, 2.24) is 10.1 Å². The standard InChI is InChI=1S/C21H19F2N3O3/c1-2-9-28-16-6-3-13(4-7-16)20-24-21(29-25-20)14-10-19(27)26(12-14)18-11-15(22)5-8-17(18)23/h3-8,11,14H,2,9-10,12H2,1H3. The molecule has 1 aliphatic heterocycles. The molecule has 1 fully saturated rings. The number of ether oxygens (including phenoxy) is 1. The van der Waals surface area contributed by atoms with Crippen LogP contribution in [0.15, 0.2) is 47.0 Å². The minimum absolute atomic E-state index is 0.0834. The van der Waals surface area contributed by atoms with Gasteiger partial charge in [0.05, 0.1) is 18.2 Å². The van der Waals surface area contributed by atoms with Crippen molar-refractivity contribution in [2.75, 3.05) is 18.1 Å². The number of carbonyl (C=O) groups is 1. The molecule has 150 valence electrons. The number of hydrogen-bond donors (Lipinski definition) is 0. The van der Waals surface area contributed by atoms with Crippen LogP contribution in [0, 0.1) is 11.6 Å². The maximum atomic E-state index is 14.0. The van der Waals surface area contributed by atoms with E-state index in [9.17, 15) is 13.6 Å². The van der Waals surface area contributed by atoms with E-state index in [2.05, 4.69) is 10.1 Å². The van der Waals surface area contributed by atoms with Crippen molar-refractivity contribution >= 4 is 11.6 Å². The highest BCUT2D eigenvalue weighted by atomic mass is 19.1. The maximum absolute atomic E-state index is 14.0. The third-order valence-electron chi connectivity index (χ3n) is 4.70. The highest BCUT2D eigenvalue weighted by molar-refractivity contribution is 5.96. The van der Waals surface area contributed by atoms with Gasteiger partial charge >= 0.3 is 0 Å². The van der Waals surface area contributed by atoms with Crippen LogP contribution in [0.25, 0.3) is 11.4 Å². The summed E-state index contributed by atoms with van der Waals surface area (Å²) in [4.78, 5) is 18.0. The van der Waals surface area contributed by atoms with Crippen LogP contribution in [0.2, 0.25) is 0 Å². The van der Waals surface area contributed by atoms with E-state index in [-0.39, 0.29) is 24.6 Å². The van der Waals surface area contributed by atoms with Gasteiger partial charge in [-0.3, -0.25) is 4.79 Å². The number of hydrogen-bond acceptors (Lipinski definition) is 5. The minimum Gasteiger partial charge on any atom is -0.494 e. The van der Waals surface area contributed by atoms with Crippen LogP contribution < -0.4 is 9.64 Å². The van der Waals surface area contributed by atoms with Gasteiger partial charge in [-0.15, -0.1) is 0 Å². The molecule has 2 heterocycles. The van der Waals surface area contributed by atoms with Crippen molar-refractivity contribution in [3.8, 4) is 17.1 Å². The lowest BCUT2D eigenvalue weighted by Gasteiger charge is -2.16. The Morgan fingerprint density at radius 2 is 2.00 bits per heavy atom. The predicted molar refractivity (Wildman–Crippen MR) is 102 cm³/mol. The molecule has 29 heavy (non-hydrogen) atoms. The molecule has 1 amide bonds. The topological polar surface area (TPSA) is 68.5 Å². The first-order valence-electron chi connectivity index (χ1n) is 9.37. The fraction of sp³-hybridized carbons (Fsp3) is 0.286. The summed E-state index contributed by atoms with van der Waals surface area (Å²) in [5.41, 5.74) is 0.668. The van der Waals surface area contributed by atoms with Crippen LogP contribution >= 0.6 is 0 Å². The summed E-state index contributed by atoms with van der Waals surface area (Å²) in [6.07, 6.45) is 1.01. The zero-order valence-electron chi connectivity index (χ0n) is 15.8. The van der Waals surface area contributed by atoms with Gasteiger partial charge in [0.1, 0.15) is 17.4 Å². The lowest BCUT2D eigenvalue weighted by atomic mass is 10.1. The van der Waals surface area contributed by atoms with E-state index in [0.29, 0.717) is 18.3 Å². The summed E-state index contributed by atoms with van der Waals surface area (Å²) < 4.78 is 38.4. The van der Waals surface area contributed by atoms with Crippen molar-refractivity contribution in [3.05, 3.63) is 60.0 Å². The van der Waals surface area contributed by atoms with Crippen LogP contribution in [0.3, 0.4) is 0 Å². The van der Waals surface area contributed by atoms with Gasteiger partial charge in [-0.1, -0.05) is 12.1 Å². The van der Waals surface area contributed by atoms with Gasteiger partial charge < -0.3 is 14.2 Å². The molecular weight excluding hydrogens is 380 g/mol. The van der Waals surface area contributed by atoms with E-state index in [0.717, 1.165) is 35.9 Å². The summed E-state index contributed by atoms with van der Waals surface area (Å²) >= 11 is 0. The molecule has 0 bridgehead atoms. The molecule has 0 saturated carbocycles. The number of benzene rings is 2. The van der Waals surface area contributed by atoms with Crippen LogP contribution in [0.4, 0.5) is 14.5 Å². The monoisotopic (exact) mass is 399 g/mol. The minimum atomic E-state index is -0.656. The molecule has 4 rings (SSSR count). The Morgan fingerprint density at radius 3 is 2.76 bits per heavy atom. The van der Waals surface area contributed by atoms with Crippen molar-refractivity contribution < 1.29 is 22.8 Å². The molecule has 0 N–H and O–H groups in total. The average Bonchev–Trinajstić information content (AvgIpc) is 3.36. The van der Waals surface area contributed by atoms with Gasteiger partial charge in [-0.2, -0.15) is 4.98 Å². The van der Waals surface area contributed by atoms with Gasteiger partial charge in [-0.25, -0.2) is 8.78 Å². The van der Waals surface area contributed by atoms with Gasteiger partial charge in [0.15, 0.2) is 0 Å². The summed E-state index contributed by atoms with van der Waals surface area (Å²) in [6, 6.07) is 10.3. The molecular formula is C21H19F2N3O3. The Labute approximate surface area is 166 Å². The molecule has 1 aliphatic rings. The Hall–Kier alpha value is -3.29. The number of halogens is 2. The molecule has 0 spiro atoms. The summed E-state index contributed by atoms with van der Waals surface area (Å²) in [5.74, 6) is -0.534. The molecule has 3 aromatic rings. The zero-order valence-corrected chi connectivity index (χ0v) is 15.8. The number of anilines is 1. The van der Waals surface area contributed by atoms with E-state index < -0.39 is 17.6 Å². The van der Waals surface area contributed by atoms with Crippen LogP contribution in [0.1, 0.15) is 31.6 Å². The molecule has 2 aromatic carbocycles. The summed E-state index contributed by atoms with van der Waals surface area (Å²) in [7, 11) is 0. The molecule has 6 nitrogen and oxygen atoms in total. The van der Waals surface area contributed by atoms with E-state index in [1.807, 2.05) is 31.2 Å².